The van der Waals surface area contributed by atoms with Crippen molar-refractivity contribution in [1.82, 2.24) is 0 Å². The Bertz CT molecular complexity index is 566. The third-order valence-corrected chi connectivity index (χ3v) is 4.57. The summed E-state index contributed by atoms with van der Waals surface area (Å²) >= 11 is 6.29. The molecule has 0 radical (unpaired) electrons. The molecule has 0 saturated heterocycles. The summed E-state index contributed by atoms with van der Waals surface area (Å²) in [4.78, 5) is 0. The lowest BCUT2D eigenvalue weighted by atomic mass is 9.79. The fourth-order valence-corrected chi connectivity index (χ4v) is 3.36. The molecule has 0 atom stereocenters. The van der Waals surface area contributed by atoms with Crippen LogP contribution in [0.15, 0.2) is 48.5 Å². The minimum absolute atomic E-state index is 0.134. The van der Waals surface area contributed by atoms with Crippen LogP contribution in [-0.2, 0) is 19.3 Å². The van der Waals surface area contributed by atoms with Gasteiger partial charge in [0.1, 0.15) is 0 Å². The van der Waals surface area contributed by atoms with Gasteiger partial charge in [-0.05, 0) is 54.0 Å². The lowest BCUT2D eigenvalue weighted by Gasteiger charge is -2.27. The monoisotopic (exact) mass is 271 g/mol. The predicted octanol–water partition coefficient (Wildman–Crippen LogP) is 3.63. The molecule has 1 aliphatic rings. The van der Waals surface area contributed by atoms with E-state index in [1.165, 1.54) is 16.7 Å². The van der Waals surface area contributed by atoms with E-state index in [9.17, 15) is 0 Å². The van der Waals surface area contributed by atoms with Crippen molar-refractivity contribution in [2.75, 3.05) is 6.54 Å². The maximum Gasteiger partial charge on any atom is 0.0438 e. The van der Waals surface area contributed by atoms with Crippen molar-refractivity contribution in [3.05, 3.63) is 70.2 Å². The molecule has 2 aromatic carbocycles. The van der Waals surface area contributed by atoms with Gasteiger partial charge in [0.25, 0.3) is 0 Å². The first-order valence-electron chi connectivity index (χ1n) is 6.73. The number of benzene rings is 2. The number of hydrogen-bond acceptors (Lipinski definition) is 1. The molecule has 0 bridgehead atoms. The molecule has 0 amide bonds. The maximum absolute atomic E-state index is 6.29. The number of rotatable bonds is 3. The highest BCUT2D eigenvalue weighted by Gasteiger charge is 2.36. The largest absolute Gasteiger partial charge is 0.330 e. The Morgan fingerprint density at radius 2 is 1.53 bits per heavy atom. The molecular formula is C17H18ClN. The Balaban J connectivity index is 1.89. The zero-order chi connectivity index (χ0) is 13.3. The van der Waals surface area contributed by atoms with Crippen LogP contribution in [0.1, 0.15) is 16.7 Å². The second-order valence-electron chi connectivity index (χ2n) is 5.59. The number of nitrogens with two attached hydrogens (primary N) is 1. The van der Waals surface area contributed by atoms with Crippen LogP contribution in [0.5, 0.6) is 0 Å². The van der Waals surface area contributed by atoms with E-state index in [1.807, 2.05) is 18.2 Å². The van der Waals surface area contributed by atoms with Crippen molar-refractivity contribution < 1.29 is 0 Å². The highest BCUT2D eigenvalue weighted by molar-refractivity contribution is 6.31. The Morgan fingerprint density at radius 3 is 2.11 bits per heavy atom. The first-order valence-corrected chi connectivity index (χ1v) is 7.10. The van der Waals surface area contributed by atoms with Gasteiger partial charge in [0.2, 0.25) is 0 Å². The van der Waals surface area contributed by atoms with Crippen molar-refractivity contribution in [2.45, 2.75) is 19.3 Å². The zero-order valence-electron chi connectivity index (χ0n) is 10.9. The van der Waals surface area contributed by atoms with Crippen molar-refractivity contribution in [3.63, 3.8) is 0 Å². The number of hydrogen-bond donors (Lipinski definition) is 1. The minimum Gasteiger partial charge on any atom is -0.330 e. The van der Waals surface area contributed by atoms with Gasteiger partial charge in [0, 0.05) is 5.02 Å². The van der Waals surface area contributed by atoms with Gasteiger partial charge in [0.05, 0.1) is 0 Å². The van der Waals surface area contributed by atoms with E-state index in [0.717, 1.165) is 24.3 Å². The van der Waals surface area contributed by atoms with Crippen LogP contribution < -0.4 is 5.73 Å². The molecule has 2 N–H and O–H groups in total. The van der Waals surface area contributed by atoms with Crippen LogP contribution in [0, 0.1) is 5.41 Å². The zero-order valence-corrected chi connectivity index (χ0v) is 11.7. The molecule has 1 aliphatic carbocycles. The van der Waals surface area contributed by atoms with Gasteiger partial charge in [0.15, 0.2) is 0 Å². The van der Waals surface area contributed by atoms with Crippen molar-refractivity contribution in [1.29, 1.82) is 0 Å². The Morgan fingerprint density at radius 1 is 0.947 bits per heavy atom. The molecule has 2 heteroatoms. The van der Waals surface area contributed by atoms with E-state index in [-0.39, 0.29) is 5.41 Å². The summed E-state index contributed by atoms with van der Waals surface area (Å²) in [6.07, 6.45) is 3.08. The summed E-state index contributed by atoms with van der Waals surface area (Å²) in [5.74, 6) is 0. The molecule has 98 valence electrons. The second kappa shape index (κ2) is 4.99. The molecule has 1 nitrogen and oxygen atoms in total. The quantitative estimate of drug-likeness (QED) is 0.906. The van der Waals surface area contributed by atoms with Crippen LogP contribution in [0.25, 0.3) is 0 Å². The summed E-state index contributed by atoms with van der Waals surface area (Å²) in [6, 6.07) is 16.8. The molecular weight excluding hydrogens is 254 g/mol. The average molecular weight is 272 g/mol. The van der Waals surface area contributed by atoms with Crippen LogP contribution in [-0.4, -0.2) is 6.54 Å². The number of fused-ring (bicyclic) bond motifs is 1. The van der Waals surface area contributed by atoms with Gasteiger partial charge in [-0.15, -0.1) is 0 Å². The van der Waals surface area contributed by atoms with Crippen molar-refractivity contribution in [2.24, 2.45) is 11.1 Å². The molecule has 0 aliphatic heterocycles. The van der Waals surface area contributed by atoms with Crippen molar-refractivity contribution >= 4 is 11.6 Å². The minimum atomic E-state index is 0.134. The maximum atomic E-state index is 6.29. The molecule has 0 spiro atoms. The Hall–Kier alpha value is -1.31. The molecule has 0 saturated carbocycles. The van der Waals surface area contributed by atoms with Gasteiger partial charge in [-0.1, -0.05) is 54.1 Å². The first kappa shape index (κ1) is 12.7. The summed E-state index contributed by atoms with van der Waals surface area (Å²) in [5, 5.41) is 0.853. The molecule has 0 unspecified atom stereocenters. The molecule has 3 rings (SSSR count). The van der Waals surface area contributed by atoms with Gasteiger partial charge in [-0.25, -0.2) is 0 Å². The van der Waals surface area contributed by atoms with Crippen LogP contribution in [0.3, 0.4) is 0 Å². The van der Waals surface area contributed by atoms with Gasteiger partial charge >= 0.3 is 0 Å². The fraction of sp³-hybridized carbons (Fsp3) is 0.294. The third-order valence-electron chi connectivity index (χ3n) is 4.21. The molecule has 2 aromatic rings. The Kier molecular flexibility index (Phi) is 3.34. The number of halogens is 1. The summed E-state index contributed by atoms with van der Waals surface area (Å²) < 4.78 is 0. The van der Waals surface area contributed by atoms with Gasteiger partial charge in [-0.3, -0.25) is 0 Å². The lowest BCUT2D eigenvalue weighted by Crippen LogP contribution is -2.33. The van der Waals surface area contributed by atoms with E-state index < -0.39 is 0 Å². The van der Waals surface area contributed by atoms with Gasteiger partial charge < -0.3 is 5.73 Å². The van der Waals surface area contributed by atoms with Crippen LogP contribution in [0.2, 0.25) is 5.02 Å². The van der Waals surface area contributed by atoms with E-state index >= 15 is 0 Å². The van der Waals surface area contributed by atoms with Crippen LogP contribution >= 0.6 is 11.6 Å². The topological polar surface area (TPSA) is 26.0 Å². The smallest absolute Gasteiger partial charge is 0.0438 e. The molecule has 19 heavy (non-hydrogen) atoms. The van der Waals surface area contributed by atoms with Gasteiger partial charge in [-0.2, -0.15) is 0 Å². The highest BCUT2D eigenvalue weighted by Crippen LogP contribution is 2.39. The van der Waals surface area contributed by atoms with Crippen molar-refractivity contribution in [3.8, 4) is 0 Å². The lowest BCUT2D eigenvalue weighted by molar-refractivity contribution is 0.315. The summed E-state index contributed by atoms with van der Waals surface area (Å²) in [7, 11) is 0. The predicted molar refractivity (Wildman–Crippen MR) is 80.5 cm³/mol. The summed E-state index contributed by atoms with van der Waals surface area (Å²) in [6.45, 7) is 0.701. The average Bonchev–Trinajstić information content (AvgIpc) is 2.80. The fourth-order valence-electron chi connectivity index (χ4n) is 3.16. The third kappa shape index (κ3) is 2.41. The SMILES string of the molecule is NCC1(Cc2ccccc2Cl)Cc2ccccc2C1. The first-order chi connectivity index (χ1) is 9.22. The standard InChI is InChI=1S/C17H18ClN/c18-16-8-4-3-7-15(16)11-17(12-19)9-13-5-1-2-6-14(13)10-17/h1-8H,9-12,19H2. The molecule has 0 heterocycles. The van der Waals surface area contributed by atoms with E-state index in [1.54, 1.807) is 0 Å². The normalized spacial score (nSPS) is 16.3. The second-order valence-corrected chi connectivity index (χ2v) is 6.00. The summed E-state index contributed by atoms with van der Waals surface area (Å²) in [5.41, 5.74) is 10.3. The Labute approximate surface area is 119 Å². The molecule has 0 fully saturated rings. The van der Waals surface area contributed by atoms with E-state index in [4.69, 9.17) is 17.3 Å². The molecule has 0 aromatic heterocycles. The highest BCUT2D eigenvalue weighted by atomic mass is 35.5. The van der Waals surface area contributed by atoms with E-state index in [0.29, 0.717) is 6.54 Å². The van der Waals surface area contributed by atoms with E-state index in [2.05, 4.69) is 30.3 Å². The van der Waals surface area contributed by atoms with Crippen LogP contribution in [0.4, 0.5) is 0 Å².